The molecular weight excluding hydrogens is 389 g/mol. The number of likely N-dealkylation sites (tertiary alicyclic amines) is 1. The molecule has 2 aromatic rings. The van der Waals surface area contributed by atoms with Crippen LogP contribution in [0.1, 0.15) is 48.4 Å². The van der Waals surface area contributed by atoms with Crippen molar-refractivity contribution in [3.05, 3.63) is 40.0 Å². The van der Waals surface area contributed by atoms with Crippen LogP contribution in [0.2, 0.25) is 5.02 Å². The third kappa shape index (κ3) is 3.74. The number of aromatic nitrogens is 2. The van der Waals surface area contributed by atoms with Crippen LogP contribution in [0.15, 0.2) is 18.2 Å². The van der Waals surface area contributed by atoms with E-state index in [1.807, 2.05) is 0 Å². The molecule has 0 aliphatic carbocycles. The molecule has 2 aliphatic heterocycles. The van der Waals surface area contributed by atoms with E-state index in [-0.39, 0.29) is 16.6 Å². The minimum atomic E-state index is -4.50. The van der Waals surface area contributed by atoms with E-state index in [0.717, 1.165) is 69.1 Å². The molecule has 3 heterocycles. The highest BCUT2D eigenvalue weighted by Gasteiger charge is 2.36. The first-order valence-corrected chi connectivity index (χ1v) is 10.1. The summed E-state index contributed by atoms with van der Waals surface area (Å²) in [6.45, 7) is 2.70. The molecule has 1 saturated heterocycles. The van der Waals surface area contributed by atoms with Gasteiger partial charge in [-0.05, 0) is 70.4 Å². The molecule has 8 heteroatoms. The van der Waals surface area contributed by atoms with Crippen LogP contribution in [0, 0.1) is 0 Å². The second-order valence-corrected chi connectivity index (χ2v) is 8.18. The Hall–Kier alpha value is -1.73. The number of benzene rings is 1. The molecule has 1 aromatic heterocycles. The fourth-order valence-corrected chi connectivity index (χ4v) is 4.41. The van der Waals surface area contributed by atoms with E-state index in [0.29, 0.717) is 5.82 Å². The Bertz CT molecular complexity index is 854. The molecule has 0 radical (unpaired) electrons. The van der Waals surface area contributed by atoms with Crippen LogP contribution < -0.4 is 5.32 Å². The first-order chi connectivity index (χ1) is 13.3. The number of nitrogens with one attached hydrogen (secondary N) is 1. The lowest BCUT2D eigenvalue weighted by Gasteiger charge is -2.28. The summed E-state index contributed by atoms with van der Waals surface area (Å²) in [5.41, 5.74) is 1.31. The first kappa shape index (κ1) is 19.6. The summed E-state index contributed by atoms with van der Waals surface area (Å²) >= 11 is 5.87. The Morgan fingerprint density at radius 1 is 1.18 bits per heavy atom. The predicted octanol–water partition coefficient (Wildman–Crippen LogP) is 5.10. The number of hydrogen-bond acceptors (Lipinski definition) is 3. The first-order valence-electron chi connectivity index (χ1n) is 9.76. The van der Waals surface area contributed by atoms with Crippen molar-refractivity contribution in [3.8, 4) is 5.69 Å². The fourth-order valence-electron chi connectivity index (χ4n) is 4.23. The second kappa shape index (κ2) is 7.59. The summed E-state index contributed by atoms with van der Waals surface area (Å²) < 4.78 is 42.6. The highest BCUT2D eigenvalue weighted by Crippen LogP contribution is 2.40. The van der Waals surface area contributed by atoms with E-state index < -0.39 is 11.7 Å². The maximum atomic E-state index is 13.7. The number of anilines is 1. The molecule has 4 nitrogen and oxygen atoms in total. The largest absolute Gasteiger partial charge is 0.418 e. The standard InChI is InChI=1S/C20H24ClF3N4/c1-27-10-7-13(8-11-27)18-15-4-2-3-9-25-19(15)28(26-18)17-6-5-14(21)12-16(17)20(22,23)24/h5-6,12-13,25H,2-4,7-11H2,1H3. The van der Waals surface area contributed by atoms with Crippen LogP contribution in [0.25, 0.3) is 5.69 Å². The third-order valence-corrected chi connectivity index (χ3v) is 5.99. The van der Waals surface area contributed by atoms with Gasteiger partial charge in [-0.2, -0.15) is 18.3 Å². The quantitative estimate of drug-likeness (QED) is 0.744. The molecule has 1 N–H and O–H groups in total. The lowest BCUT2D eigenvalue weighted by molar-refractivity contribution is -0.137. The van der Waals surface area contributed by atoms with Gasteiger partial charge in [0, 0.05) is 23.0 Å². The lowest BCUT2D eigenvalue weighted by atomic mass is 9.90. The average molecular weight is 413 g/mol. The van der Waals surface area contributed by atoms with Crippen molar-refractivity contribution >= 4 is 17.4 Å². The van der Waals surface area contributed by atoms with Crippen molar-refractivity contribution in [2.45, 2.75) is 44.2 Å². The van der Waals surface area contributed by atoms with Crippen LogP contribution in [0.5, 0.6) is 0 Å². The molecule has 1 aromatic carbocycles. The van der Waals surface area contributed by atoms with Crippen LogP contribution in [0.4, 0.5) is 19.0 Å². The highest BCUT2D eigenvalue weighted by molar-refractivity contribution is 6.30. The van der Waals surface area contributed by atoms with Gasteiger partial charge >= 0.3 is 6.18 Å². The summed E-state index contributed by atoms with van der Waals surface area (Å²) in [5.74, 6) is 0.993. The average Bonchev–Trinajstić information content (AvgIpc) is 2.83. The molecule has 0 saturated carbocycles. The van der Waals surface area contributed by atoms with Crippen LogP contribution in [-0.2, 0) is 12.6 Å². The summed E-state index contributed by atoms with van der Waals surface area (Å²) in [6.07, 6.45) is 0.308. The number of rotatable bonds is 2. The molecule has 1 fully saturated rings. The van der Waals surface area contributed by atoms with Gasteiger partial charge in [0.15, 0.2) is 0 Å². The van der Waals surface area contributed by atoms with Crippen LogP contribution in [-0.4, -0.2) is 41.4 Å². The van der Waals surface area contributed by atoms with E-state index >= 15 is 0 Å². The van der Waals surface area contributed by atoms with E-state index in [1.54, 1.807) is 0 Å². The number of nitrogens with zero attached hydrogens (tertiary/aromatic N) is 3. The number of fused-ring (bicyclic) bond motifs is 1. The van der Waals surface area contributed by atoms with Crippen molar-refractivity contribution in [2.75, 3.05) is 32.0 Å². The number of alkyl halides is 3. The van der Waals surface area contributed by atoms with Gasteiger partial charge in [-0.3, -0.25) is 0 Å². The second-order valence-electron chi connectivity index (χ2n) is 7.74. The van der Waals surface area contributed by atoms with Crippen molar-refractivity contribution < 1.29 is 13.2 Å². The minimum Gasteiger partial charge on any atom is -0.370 e. The number of hydrogen-bond donors (Lipinski definition) is 1. The van der Waals surface area contributed by atoms with Gasteiger partial charge in [-0.25, -0.2) is 4.68 Å². The Labute approximate surface area is 167 Å². The van der Waals surface area contributed by atoms with Gasteiger partial charge in [0.05, 0.1) is 16.9 Å². The van der Waals surface area contributed by atoms with Crippen molar-refractivity contribution in [1.29, 1.82) is 0 Å². The molecule has 0 bridgehead atoms. The van der Waals surface area contributed by atoms with Gasteiger partial charge in [-0.15, -0.1) is 0 Å². The zero-order valence-corrected chi connectivity index (χ0v) is 16.6. The Morgan fingerprint density at radius 2 is 1.93 bits per heavy atom. The van der Waals surface area contributed by atoms with Gasteiger partial charge in [0.1, 0.15) is 5.82 Å². The van der Waals surface area contributed by atoms with E-state index in [2.05, 4.69) is 17.3 Å². The molecular formula is C20H24ClF3N4. The molecule has 2 aliphatic rings. The molecule has 0 spiro atoms. The third-order valence-electron chi connectivity index (χ3n) is 5.76. The zero-order valence-electron chi connectivity index (χ0n) is 15.8. The maximum absolute atomic E-state index is 13.7. The van der Waals surface area contributed by atoms with Crippen LogP contribution >= 0.6 is 11.6 Å². The van der Waals surface area contributed by atoms with Gasteiger partial charge < -0.3 is 10.2 Å². The van der Waals surface area contributed by atoms with Gasteiger partial charge in [0.2, 0.25) is 0 Å². The van der Waals surface area contributed by atoms with E-state index in [9.17, 15) is 13.2 Å². The summed E-state index contributed by atoms with van der Waals surface area (Å²) in [4.78, 5) is 2.28. The molecule has 0 unspecified atom stereocenters. The molecule has 0 atom stereocenters. The lowest BCUT2D eigenvalue weighted by Crippen LogP contribution is -2.29. The smallest absolute Gasteiger partial charge is 0.370 e. The van der Waals surface area contributed by atoms with Crippen LogP contribution in [0.3, 0.4) is 0 Å². The maximum Gasteiger partial charge on any atom is 0.418 e. The number of piperidine rings is 1. The SMILES string of the molecule is CN1CCC(c2nn(-c3ccc(Cl)cc3C(F)(F)F)c3c2CCCCN3)CC1. The van der Waals surface area contributed by atoms with E-state index in [1.165, 1.54) is 16.8 Å². The molecule has 0 amide bonds. The Kier molecular flexibility index (Phi) is 5.31. The van der Waals surface area contributed by atoms with Gasteiger partial charge in [-0.1, -0.05) is 11.6 Å². The van der Waals surface area contributed by atoms with Crippen molar-refractivity contribution in [1.82, 2.24) is 14.7 Å². The van der Waals surface area contributed by atoms with Crippen molar-refractivity contribution in [2.24, 2.45) is 0 Å². The molecule has 28 heavy (non-hydrogen) atoms. The summed E-state index contributed by atoms with van der Waals surface area (Å²) in [5, 5.41) is 8.16. The Balaban J connectivity index is 1.85. The van der Waals surface area contributed by atoms with Gasteiger partial charge in [0.25, 0.3) is 0 Å². The molecule has 152 valence electrons. The minimum absolute atomic E-state index is 0.0294. The predicted molar refractivity (Wildman–Crippen MR) is 104 cm³/mol. The number of halogens is 4. The zero-order chi connectivity index (χ0) is 19.9. The Morgan fingerprint density at radius 3 is 2.64 bits per heavy atom. The van der Waals surface area contributed by atoms with Crippen molar-refractivity contribution in [3.63, 3.8) is 0 Å². The monoisotopic (exact) mass is 412 g/mol. The normalized spacial score (nSPS) is 19.2. The fraction of sp³-hybridized carbons (Fsp3) is 0.550. The molecule has 4 rings (SSSR count). The topological polar surface area (TPSA) is 33.1 Å². The van der Waals surface area contributed by atoms with E-state index in [4.69, 9.17) is 16.7 Å². The summed E-state index contributed by atoms with van der Waals surface area (Å²) in [7, 11) is 2.10. The summed E-state index contributed by atoms with van der Waals surface area (Å²) in [6, 6.07) is 3.90. The highest BCUT2D eigenvalue weighted by atomic mass is 35.5.